The number of nitrogens with zero attached hydrogens (tertiary/aromatic N) is 2. The van der Waals surface area contributed by atoms with Crippen LogP contribution in [0.1, 0.15) is 5.56 Å². The largest absolute Gasteiger partial charge is 0.354 e. The predicted molar refractivity (Wildman–Crippen MR) is 52.9 cm³/mol. The first-order valence-corrected chi connectivity index (χ1v) is 4.33. The molecule has 68 valence electrons. The Morgan fingerprint density at radius 2 is 2.46 bits per heavy atom. The van der Waals surface area contributed by atoms with E-state index in [9.17, 15) is 0 Å². The summed E-state index contributed by atoms with van der Waals surface area (Å²) in [7, 11) is 0. The molecule has 0 radical (unpaired) electrons. The van der Waals surface area contributed by atoms with Gasteiger partial charge in [-0.1, -0.05) is 6.07 Å². The van der Waals surface area contributed by atoms with E-state index in [2.05, 4.69) is 20.6 Å². The molecule has 0 saturated heterocycles. The van der Waals surface area contributed by atoms with Crippen molar-refractivity contribution in [3.8, 4) is 0 Å². The van der Waals surface area contributed by atoms with Gasteiger partial charge in [0.1, 0.15) is 5.82 Å². The van der Waals surface area contributed by atoms with Gasteiger partial charge in [0.25, 0.3) is 0 Å². The van der Waals surface area contributed by atoms with E-state index in [-0.39, 0.29) is 0 Å². The zero-order valence-corrected chi connectivity index (χ0v) is 7.54. The Kier molecular flexibility index (Phi) is 2.12. The fourth-order valence-electron chi connectivity index (χ4n) is 1.21. The monoisotopic (exact) mass is 176 g/mol. The zero-order chi connectivity index (χ0) is 9.10. The molecule has 4 nitrogen and oxygen atoms in total. The van der Waals surface area contributed by atoms with Gasteiger partial charge in [-0.3, -0.25) is 4.99 Å². The number of aryl methyl sites for hydroxylation is 1. The van der Waals surface area contributed by atoms with E-state index in [1.165, 1.54) is 0 Å². The molecule has 1 aromatic rings. The molecule has 0 aromatic carbocycles. The Morgan fingerprint density at radius 1 is 1.54 bits per heavy atom. The third-order valence-corrected chi connectivity index (χ3v) is 1.92. The quantitative estimate of drug-likeness (QED) is 0.664. The lowest BCUT2D eigenvalue weighted by atomic mass is 10.3. The minimum absolute atomic E-state index is 0.821. The molecule has 0 spiro atoms. The van der Waals surface area contributed by atoms with Crippen LogP contribution < -0.4 is 10.6 Å². The van der Waals surface area contributed by atoms with Gasteiger partial charge >= 0.3 is 0 Å². The Balaban J connectivity index is 2.13. The molecule has 2 rings (SSSR count). The molecule has 1 aromatic heterocycles. The summed E-state index contributed by atoms with van der Waals surface area (Å²) >= 11 is 0. The number of rotatable bonds is 1. The first kappa shape index (κ1) is 8.04. The summed E-state index contributed by atoms with van der Waals surface area (Å²) in [5, 5.41) is 6.27. The molecule has 0 aliphatic carbocycles. The zero-order valence-electron chi connectivity index (χ0n) is 7.54. The standard InChI is InChI=1S/C9H12N4/c1-7-3-2-4-10-8(7)13-9-11-5-6-12-9/h2-4H,5-6H2,1H3,(H2,10,11,12,13). The van der Waals surface area contributed by atoms with E-state index in [0.29, 0.717) is 0 Å². The van der Waals surface area contributed by atoms with Gasteiger partial charge in [0, 0.05) is 12.7 Å². The molecule has 0 bridgehead atoms. The van der Waals surface area contributed by atoms with Crippen molar-refractivity contribution < 1.29 is 0 Å². The number of guanidine groups is 1. The normalized spacial score (nSPS) is 15.0. The molecule has 13 heavy (non-hydrogen) atoms. The van der Waals surface area contributed by atoms with Crippen LogP contribution in [0.2, 0.25) is 0 Å². The van der Waals surface area contributed by atoms with Crippen LogP contribution in [-0.2, 0) is 0 Å². The summed E-state index contributed by atoms with van der Waals surface area (Å²) in [5.74, 6) is 1.69. The minimum Gasteiger partial charge on any atom is -0.354 e. The van der Waals surface area contributed by atoms with E-state index in [1.807, 2.05) is 19.1 Å². The van der Waals surface area contributed by atoms with Crippen molar-refractivity contribution in [3.63, 3.8) is 0 Å². The molecule has 1 aliphatic heterocycles. The summed E-state index contributed by atoms with van der Waals surface area (Å²) in [6, 6.07) is 3.94. The molecular weight excluding hydrogens is 164 g/mol. The second-order valence-corrected chi connectivity index (χ2v) is 2.95. The Hall–Kier alpha value is -1.58. The van der Waals surface area contributed by atoms with Crippen LogP contribution in [0.15, 0.2) is 23.3 Å². The van der Waals surface area contributed by atoms with E-state index >= 15 is 0 Å². The van der Waals surface area contributed by atoms with Crippen molar-refractivity contribution in [2.45, 2.75) is 6.92 Å². The lowest BCUT2D eigenvalue weighted by molar-refractivity contribution is 0.958. The van der Waals surface area contributed by atoms with E-state index < -0.39 is 0 Å². The van der Waals surface area contributed by atoms with Crippen LogP contribution in [0.4, 0.5) is 5.82 Å². The Bertz CT molecular complexity index is 332. The molecule has 0 fully saturated rings. The number of aliphatic imine (C=N–C) groups is 1. The molecule has 0 unspecified atom stereocenters. The SMILES string of the molecule is Cc1cccnc1NC1=NCCN1. The molecule has 2 N–H and O–H groups in total. The number of aromatic nitrogens is 1. The van der Waals surface area contributed by atoms with Crippen molar-refractivity contribution in [2.75, 3.05) is 18.4 Å². The van der Waals surface area contributed by atoms with E-state index in [0.717, 1.165) is 30.4 Å². The third kappa shape index (κ3) is 1.77. The first-order chi connectivity index (χ1) is 6.36. The van der Waals surface area contributed by atoms with E-state index in [4.69, 9.17) is 0 Å². The van der Waals surface area contributed by atoms with Crippen LogP contribution in [-0.4, -0.2) is 24.0 Å². The molecule has 0 saturated carbocycles. The summed E-state index contributed by atoms with van der Waals surface area (Å²) < 4.78 is 0. The van der Waals surface area contributed by atoms with Crippen molar-refractivity contribution in [3.05, 3.63) is 23.9 Å². The van der Waals surface area contributed by atoms with Crippen LogP contribution >= 0.6 is 0 Å². The van der Waals surface area contributed by atoms with Crippen LogP contribution in [0.25, 0.3) is 0 Å². The highest BCUT2D eigenvalue weighted by molar-refractivity contribution is 5.94. The van der Waals surface area contributed by atoms with E-state index in [1.54, 1.807) is 6.20 Å². The van der Waals surface area contributed by atoms with Gasteiger partial charge < -0.3 is 10.6 Å². The first-order valence-electron chi connectivity index (χ1n) is 4.33. The fraction of sp³-hybridized carbons (Fsp3) is 0.333. The number of anilines is 1. The lowest BCUT2D eigenvalue weighted by Gasteiger charge is -2.07. The minimum atomic E-state index is 0.821. The Morgan fingerprint density at radius 3 is 3.15 bits per heavy atom. The van der Waals surface area contributed by atoms with Crippen molar-refractivity contribution >= 4 is 11.8 Å². The summed E-state index contributed by atoms with van der Waals surface area (Å²) in [6.07, 6.45) is 1.77. The van der Waals surface area contributed by atoms with Gasteiger partial charge in [-0.15, -0.1) is 0 Å². The highest BCUT2D eigenvalue weighted by Gasteiger charge is 2.06. The van der Waals surface area contributed by atoms with Gasteiger partial charge in [0.15, 0.2) is 5.96 Å². The lowest BCUT2D eigenvalue weighted by Crippen LogP contribution is -2.26. The fourth-order valence-corrected chi connectivity index (χ4v) is 1.21. The molecular formula is C9H12N4. The summed E-state index contributed by atoms with van der Waals surface area (Å²) in [5.41, 5.74) is 1.12. The molecule has 2 heterocycles. The number of nitrogens with one attached hydrogen (secondary N) is 2. The average Bonchev–Trinajstić information content (AvgIpc) is 2.61. The maximum absolute atomic E-state index is 4.23. The third-order valence-electron chi connectivity index (χ3n) is 1.92. The topological polar surface area (TPSA) is 49.3 Å². The molecule has 0 amide bonds. The van der Waals surface area contributed by atoms with Gasteiger partial charge in [0.05, 0.1) is 6.54 Å². The van der Waals surface area contributed by atoms with Crippen molar-refractivity contribution in [2.24, 2.45) is 4.99 Å². The van der Waals surface area contributed by atoms with Gasteiger partial charge in [-0.05, 0) is 18.6 Å². The van der Waals surface area contributed by atoms with Crippen LogP contribution in [0, 0.1) is 6.92 Å². The number of hydrogen-bond acceptors (Lipinski definition) is 4. The predicted octanol–water partition coefficient (Wildman–Crippen LogP) is 0.761. The molecule has 0 atom stereocenters. The summed E-state index contributed by atoms with van der Waals surface area (Å²) in [6.45, 7) is 3.77. The highest BCUT2D eigenvalue weighted by Crippen LogP contribution is 2.08. The smallest absolute Gasteiger partial charge is 0.197 e. The number of pyridine rings is 1. The summed E-state index contributed by atoms with van der Waals surface area (Å²) in [4.78, 5) is 8.44. The Labute approximate surface area is 77.1 Å². The van der Waals surface area contributed by atoms with Gasteiger partial charge in [-0.25, -0.2) is 4.98 Å². The maximum atomic E-state index is 4.23. The van der Waals surface area contributed by atoms with Crippen LogP contribution in [0.5, 0.6) is 0 Å². The number of hydrogen-bond donors (Lipinski definition) is 2. The second-order valence-electron chi connectivity index (χ2n) is 2.95. The highest BCUT2D eigenvalue weighted by atomic mass is 15.2. The average molecular weight is 176 g/mol. The van der Waals surface area contributed by atoms with Crippen molar-refractivity contribution in [1.29, 1.82) is 0 Å². The van der Waals surface area contributed by atoms with Gasteiger partial charge in [-0.2, -0.15) is 0 Å². The second kappa shape index (κ2) is 3.43. The van der Waals surface area contributed by atoms with Crippen molar-refractivity contribution in [1.82, 2.24) is 10.3 Å². The van der Waals surface area contributed by atoms with Gasteiger partial charge in [0.2, 0.25) is 0 Å². The molecule has 4 heteroatoms. The van der Waals surface area contributed by atoms with Crippen LogP contribution in [0.3, 0.4) is 0 Å². The maximum Gasteiger partial charge on any atom is 0.197 e. The molecule has 1 aliphatic rings.